The summed E-state index contributed by atoms with van der Waals surface area (Å²) in [5, 5.41) is 14.1. The minimum absolute atomic E-state index is 0.111. The van der Waals surface area contributed by atoms with Crippen LogP contribution in [0.3, 0.4) is 0 Å². The van der Waals surface area contributed by atoms with Crippen LogP contribution in [0.15, 0.2) is 44.9 Å². The molecule has 0 N–H and O–H groups in total. The molecule has 8 nitrogen and oxygen atoms in total. The van der Waals surface area contributed by atoms with Gasteiger partial charge in [-0.3, -0.25) is 9.42 Å². The number of hydrogen-bond acceptors (Lipinski definition) is 7. The molecule has 2 rings (SSSR count). The summed E-state index contributed by atoms with van der Waals surface area (Å²) in [5.41, 5.74) is -0.671. The van der Waals surface area contributed by atoms with Gasteiger partial charge in [0.1, 0.15) is 0 Å². The number of hydrogen-bond donors (Lipinski definition) is 0. The molecule has 0 amide bonds. The molecule has 23 heavy (non-hydrogen) atoms. The Balaban J connectivity index is 2.35. The monoisotopic (exact) mass is 340 g/mol. The molecular formula is C14H16N2O6S. The van der Waals surface area contributed by atoms with Crippen LogP contribution in [0.25, 0.3) is 0 Å². The van der Waals surface area contributed by atoms with Gasteiger partial charge in [-0.15, -0.1) is 0 Å². The lowest BCUT2D eigenvalue weighted by atomic mass is 9.91. The van der Waals surface area contributed by atoms with Crippen LogP contribution in [0.5, 0.6) is 5.88 Å². The molecule has 0 atom stereocenters. The second-order valence-electron chi connectivity index (χ2n) is 5.82. The Labute approximate surface area is 133 Å². The Morgan fingerprint density at radius 1 is 1.30 bits per heavy atom. The van der Waals surface area contributed by atoms with Crippen molar-refractivity contribution in [2.75, 3.05) is 6.61 Å². The zero-order valence-corrected chi connectivity index (χ0v) is 13.7. The normalized spacial score (nSPS) is 12.1. The first-order valence-corrected chi connectivity index (χ1v) is 8.18. The number of carbonyl (C=O) groups is 1. The molecule has 0 unspecified atom stereocenters. The molecule has 1 aromatic carbocycles. The van der Waals surface area contributed by atoms with Crippen molar-refractivity contribution < 1.29 is 27.5 Å². The minimum Gasteiger partial charge on any atom is -0.446 e. The molecule has 2 aromatic rings. The number of sulfone groups is 1. The van der Waals surface area contributed by atoms with E-state index in [1.807, 2.05) is 0 Å². The fraction of sp³-hybridized carbons (Fsp3) is 0.357. The fourth-order valence-corrected chi connectivity index (χ4v) is 2.89. The van der Waals surface area contributed by atoms with E-state index < -0.39 is 32.8 Å². The lowest BCUT2D eigenvalue weighted by Gasteiger charge is -2.15. The molecule has 0 bridgehead atoms. The van der Waals surface area contributed by atoms with Crippen LogP contribution in [0.2, 0.25) is 0 Å². The lowest BCUT2D eigenvalue weighted by Crippen LogP contribution is -2.31. The van der Waals surface area contributed by atoms with Crippen LogP contribution in [-0.4, -0.2) is 26.0 Å². The second-order valence-corrected chi connectivity index (χ2v) is 7.68. The standard InChI is InChI=1S/C14H16N2O6S/c1-14(2,3)11(17)9-21-12-13(16(18)22-15-12)23(19,20)10-7-5-4-6-8-10/h4-8H,9H2,1-3H3. The highest BCUT2D eigenvalue weighted by molar-refractivity contribution is 7.91. The number of benzene rings is 1. The van der Waals surface area contributed by atoms with Gasteiger partial charge in [0.2, 0.25) is 0 Å². The zero-order chi connectivity index (χ0) is 17.3. The van der Waals surface area contributed by atoms with E-state index in [9.17, 15) is 18.4 Å². The van der Waals surface area contributed by atoms with Gasteiger partial charge >= 0.3 is 10.9 Å². The van der Waals surface area contributed by atoms with Crippen molar-refractivity contribution in [3.63, 3.8) is 0 Å². The van der Waals surface area contributed by atoms with E-state index in [0.717, 1.165) is 0 Å². The van der Waals surface area contributed by atoms with Crippen molar-refractivity contribution in [3.8, 4) is 5.88 Å². The summed E-state index contributed by atoms with van der Waals surface area (Å²) in [7, 11) is -4.18. The average Bonchev–Trinajstić information content (AvgIpc) is 2.86. The van der Waals surface area contributed by atoms with Gasteiger partial charge in [-0.1, -0.05) is 39.0 Å². The summed E-state index contributed by atoms with van der Waals surface area (Å²) in [5.74, 6) is -0.817. The van der Waals surface area contributed by atoms with Crippen molar-refractivity contribution in [2.24, 2.45) is 5.41 Å². The summed E-state index contributed by atoms with van der Waals surface area (Å²) in [6.45, 7) is 4.65. The predicted molar refractivity (Wildman–Crippen MR) is 77.3 cm³/mol. The van der Waals surface area contributed by atoms with Crippen LogP contribution < -0.4 is 9.64 Å². The van der Waals surface area contributed by atoms with E-state index in [1.165, 1.54) is 24.3 Å². The van der Waals surface area contributed by atoms with Gasteiger partial charge in [-0.05, 0) is 17.0 Å². The fourth-order valence-electron chi connectivity index (χ4n) is 1.59. The first-order valence-electron chi connectivity index (χ1n) is 6.70. The van der Waals surface area contributed by atoms with Crippen molar-refractivity contribution in [1.29, 1.82) is 0 Å². The highest BCUT2D eigenvalue weighted by Crippen LogP contribution is 2.25. The quantitative estimate of drug-likeness (QED) is 0.750. The van der Waals surface area contributed by atoms with E-state index in [1.54, 1.807) is 26.8 Å². The Kier molecular flexibility index (Phi) is 4.42. The maximum Gasteiger partial charge on any atom is 0.415 e. The molecule has 0 saturated heterocycles. The van der Waals surface area contributed by atoms with Crippen molar-refractivity contribution in [2.45, 2.75) is 30.7 Å². The third-order valence-corrected chi connectivity index (χ3v) is 4.76. The smallest absolute Gasteiger partial charge is 0.415 e. The van der Waals surface area contributed by atoms with Gasteiger partial charge in [0.05, 0.1) is 10.1 Å². The van der Waals surface area contributed by atoms with E-state index in [-0.39, 0.29) is 15.6 Å². The molecule has 0 spiro atoms. The number of carbonyl (C=O) groups excluding carboxylic acids is 1. The topological polar surface area (TPSA) is 113 Å². The molecule has 9 heteroatoms. The van der Waals surface area contributed by atoms with Crippen molar-refractivity contribution in [1.82, 2.24) is 5.16 Å². The largest absolute Gasteiger partial charge is 0.446 e. The summed E-state index contributed by atoms with van der Waals surface area (Å²) >= 11 is 0. The molecular weight excluding hydrogens is 324 g/mol. The van der Waals surface area contributed by atoms with Crippen molar-refractivity contribution >= 4 is 15.6 Å². The molecule has 0 fully saturated rings. The van der Waals surface area contributed by atoms with Gasteiger partial charge in [0, 0.05) is 5.41 Å². The summed E-state index contributed by atoms with van der Waals surface area (Å²) < 4.78 is 34.4. The van der Waals surface area contributed by atoms with Crippen LogP contribution >= 0.6 is 0 Å². The number of ether oxygens (including phenoxy) is 1. The summed E-state index contributed by atoms with van der Waals surface area (Å²) in [4.78, 5) is 11.5. The molecule has 0 saturated carbocycles. The van der Waals surface area contributed by atoms with E-state index in [0.29, 0.717) is 0 Å². The first-order chi connectivity index (χ1) is 10.6. The van der Waals surface area contributed by atoms with Gasteiger partial charge in [-0.2, -0.15) is 0 Å². The van der Waals surface area contributed by atoms with Gasteiger partial charge in [-0.25, -0.2) is 8.42 Å². The number of aromatic nitrogens is 2. The van der Waals surface area contributed by atoms with Crippen LogP contribution in [-0.2, 0) is 14.6 Å². The summed E-state index contributed by atoms with van der Waals surface area (Å²) in [6, 6.07) is 7.31. The maximum absolute atomic E-state index is 12.5. The maximum atomic E-state index is 12.5. The molecule has 1 heterocycles. The predicted octanol–water partition coefficient (Wildman–Crippen LogP) is 1.13. The Bertz CT molecular complexity index is 806. The van der Waals surface area contributed by atoms with E-state index >= 15 is 0 Å². The van der Waals surface area contributed by atoms with Crippen molar-refractivity contribution in [3.05, 3.63) is 35.5 Å². The number of rotatable bonds is 5. The zero-order valence-electron chi connectivity index (χ0n) is 12.8. The molecule has 0 radical (unpaired) electrons. The number of ketones is 1. The van der Waals surface area contributed by atoms with Crippen LogP contribution in [0, 0.1) is 10.6 Å². The number of Topliss-reactive ketones (excluding diaryl/α,β-unsaturated/α-hetero) is 1. The van der Waals surface area contributed by atoms with Crippen LogP contribution in [0.4, 0.5) is 0 Å². The first kappa shape index (κ1) is 16.9. The summed E-state index contributed by atoms with van der Waals surface area (Å²) in [6.07, 6.45) is 0. The average molecular weight is 340 g/mol. The second kappa shape index (κ2) is 5.99. The molecule has 124 valence electrons. The van der Waals surface area contributed by atoms with Gasteiger partial charge < -0.3 is 9.94 Å². The third kappa shape index (κ3) is 3.50. The lowest BCUT2D eigenvalue weighted by molar-refractivity contribution is -0.832. The minimum atomic E-state index is -4.18. The molecule has 1 aromatic heterocycles. The Morgan fingerprint density at radius 3 is 2.48 bits per heavy atom. The highest BCUT2D eigenvalue weighted by atomic mass is 32.2. The highest BCUT2D eigenvalue weighted by Gasteiger charge is 2.36. The molecule has 0 aliphatic heterocycles. The Morgan fingerprint density at radius 2 is 1.91 bits per heavy atom. The van der Waals surface area contributed by atoms with E-state index in [4.69, 9.17) is 4.74 Å². The Hall–Kier alpha value is -2.42. The third-order valence-electron chi connectivity index (χ3n) is 3.03. The van der Waals surface area contributed by atoms with Crippen LogP contribution in [0.1, 0.15) is 20.8 Å². The SMILES string of the molecule is CC(C)(C)C(=O)COc1no[n+]([O-])c1S(=O)(=O)c1ccccc1. The number of nitrogens with zero attached hydrogens (tertiary/aromatic N) is 2. The van der Waals surface area contributed by atoms with E-state index in [2.05, 4.69) is 9.79 Å². The molecule has 0 aliphatic carbocycles. The van der Waals surface area contributed by atoms with Gasteiger partial charge in [0.15, 0.2) is 12.4 Å². The van der Waals surface area contributed by atoms with Gasteiger partial charge in [0.25, 0.3) is 9.84 Å². The molecule has 0 aliphatic rings.